The van der Waals surface area contributed by atoms with Crippen molar-refractivity contribution in [3.8, 4) is 0 Å². The van der Waals surface area contributed by atoms with Crippen molar-refractivity contribution in [2.45, 2.75) is 33.2 Å². The van der Waals surface area contributed by atoms with Gasteiger partial charge in [-0.15, -0.1) is 0 Å². The minimum absolute atomic E-state index is 0.137. The molecule has 0 amide bonds. The zero-order chi connectivity index (χ0) is 12.2. The first-order chi connectivity index (χ1) is 7.50. The number of rotatable bonds is 5. The van der Waals surface area contributed by atoms with Gasteiger partial charge in [-0.25, -0.2) is 0 Å². The number of hydrogen-bond acceptors (Lipinski definition) is 2. The van der Waals surface area contributed by atoms with Crippen LogP contribution in [-0.4, -0.2) is 25.7 Å². The Balaban J connectivity index is 2.87. The molecule has 2 nitrogen and oxygen atoms in total. The summed E-state index contributed by atoms with van der Waals surface area (Å²) in [7, 11) is 2.02. The average molecular weight is 220 g/mol. The Morgan fingerprint density at radius 3 is 2.38 bits per heavy atom. The van der Waals surface area contributed by atoms with Gasteiger partial charge in [0.05, 0.1) is 0 Å². The summed E-state index contributed by atoms with van der Waals surface area (Å²) in [4.78, 5) is 2.42. The van der Waals surface area contributed by atoms with Crippen molar-refractivity contribution >= 4 is 5.69 Å². The first-order valence-corrected chi connectivity index (χ1v) is 5.99. The smallest absolute Gasteiger partial charge is 0.0396 e. The normalized spacial score (nSPS) is 11.6. The third kappa shape index (κ3) is 3.24. The van der Waals surface area contributed by atoms with Crippen LogP contribution >= 0.6 is 0 Å². The van der Waals surface area contributed by atoms with E-state index in [4.69, 9.17) is 0 Å². The molecule has 0 unspecified atom stereocenters. The number of benzene rings is 1. The molecule has 90 valence electrons. The summed E-state index contributed by atoms with van der Waals surface area (Å²) >= 11 is 0. The minimum atomic E-state index is 0.137. The van der Waals surface area contributed by atoms with Gasteiger partial charge in [0, 0.05) is 24.3 Å². The van der Waals surface area contributed by atoms with E-state index in [1.807, 2.05) is 7.05 Å². The van der Waals surface area contributed by atoms with Crippen molar-refractivity contribution in [3.63, 3.8) is 0 Å². The zero-order valence-corrected chi connectivity index (χ0v) is 11.2. The van der Waals surface area contributed by atoms with E-state index in [2.05, 4.69) is 62.2 Å². The van der Waals surface area contributed by atoms with Crippen LogP contribution in [0.15, 0.2) is 24.3 Å². The van der Waals surface area contributed by atoms with Gasteiger partial charge in [-0.1, -0.05) is 18.2 Å². The Bertz CT molecular complexity index is 331. The third-order valence-corrected chi connectivity index (χ3v) is 3.10. The Morgan fingerprint density at radius 2 is 1.88 bits per heavy atom. The molecule has 0 spiro atoms. The van der Waals surface area contributed by atoms with Gasteiger partial charge in [0.15, 0.2) is 0 Å². The molecule has 0 fully saturated rings. The molecule has 0 heterocycles. The predicted molar refractivity (Wildman–Crippen MR) is 72.2 cm³/mol. The zero-order valence-electron chi connectivity index (χ0n) is 11.2. The summed E-state index contributed by atoms with van der Waals surface area (Å²) in [5.74, 6) is 0. The summed E-state index contributed by atoms with van der Waals surface area (Å²) in [5, 5.41) is 3.35. The van der Waals surface area contributed by atoms with Gasteiger partial charge in [0.2, 0.25) is 0 Å². The fourth-order valence-corrected chi connectivity index (χ4v) is 1.84. The lowest BCUT2D eigenvalue weighted by atomic mass is 10.0. The van der Waals surface area contributed by atoms with E-state index in [1.54, 1.807) is 0 Å². The van der Waals surface area contributed by atoms with Crippen molar-refractivity contribution in [2.24, 2.45) is 0 Å². The van der Waals surface area contributed by atoms with Crippen LogP contribution in [0, 0.1) is 6.92 Å². The Morgan fingerprint density at radius 1 is 1.25 bits per heavy atom. The van der Waals surface area contributed by atoms with E-state index < -0.39 is 0 Å². The number of para-hydroxylation sites is 1. The maximum absolute atomic E-state index is 3.35. The number of hydrogen-bond donors (Lipinski definition) is 1. The Kier molecular flexibility index (Phi) is 4.36. The molecule has 1 N–H and O–H groups in total. The largest absolute Gasteiger partial charge is 0.370 e. The molecule has 0 radical (unpaired) electrons. The van der Waals surface area contributed by atoms with Crippen LogP contribution in [0.3, 0.4) is 0 Å². The molecular formula is C14H24N2. The summed E-state index contributed by atoms with van der Waals surface area (Å²) in [6.45, 7) is 10.9. The van der Waals surface area contributed by atoms with Crippen LogP contribution in [0.5, 0.6) is 0 Å². The van der Waals surface area contributed by atoms with E-state index in [0.717, 1.165) is 13.1 Å². The second kappa shape index (κ2) is 5.35. The third-order valence-electron chi connectivity index (χ3n) is 3.10. The molecule has 0 saturated carbocycles. The number of aryl methyl sites for hydroxylation is 1. The molecule has 1 aromatic rings. The van der Waals surface area contributed by atoms with E-state index in [0.29, 0.717) is 0 Å². The summed E-state index contributed by atoms with van der Waals surface area (Å²) in [6.07, 6.45) is 0. The number of likely N-dealkylation sites (N-methyl/N-ethyl adjacent to an activating group) is 2. The molecule has 2 heteroatoms. The summed E-state index contributed by atoms with van der Waals surface area (Å²) in [6, 6.07) is 8.57. The average Bonchev–Trinajstić information content (AvgIpc) is 2.27. The second-order valence-electron chi connectivity index (χ2n) is 4.93. The molecular weight excluding hydrogens is 196 g/mol. The van der Waals surface area contributed by atoms with Crippen molar-refractivity contribution in [2.75, 3.05) is 25.0 Å². The highest BCUT2D eigenvalue weighted by Crippen LogP contribution is 2.21. The Hall–Kier alpha value is -1.02. The molecule has 1 rings (SSSR count). The first kappa shape index (κ1) is 13.0. The molecule has 0 aliphatic carbocycles. The number of anilines is 1. The number of nitrogens with zero attached hydrogens (tertiary/aromatic N) is 1. The van der Waals surface area contributed by atoms with Crippen LogP contribution in [0.2, 0.25) is 0 Å². The summed E-state index contributed by atoms with van der Waals surface area (Å²) < 4.78 is 0. The standard InChI is InChI=1S/C14H24N2/c1-6-16(11-14(3,4)15-5)13-10-8-7-9-12(13)2/h7-10,15H,6,11H2,1-5H3. The molecule has 0 atom stereocenters. The van der Waals surface area contributed by atoms with E-state index >= 15 is 0 Å². The van der Waals surface area contributed by atoms with Gasteiger partial charge >= 0.3 is 0 Å². The maximum atomic E-state index is 3.35. The van der Waals surface area contributed by atoms with E-state index in [9.17, 15) is 0 Å². The molecule has 1 aromatic carbocycles. The summed E-state index contributed by atoms with van der Waals surface area (Å²) in [5.41, 5.74) is 2.82. The molecule has 0 aliphatic heterocycles. The van der Waals surface area contributed by atoms with Gasteiger partial charge in [0.25, 0.3) is 0 Å². The first-order valence-electron chi connectivity index (χ1n) is 5.99. The highest BCUT2D eigenvalue weighted by atomic mass is 15.2. The van der Waals surface area contributed by atoms with Crippen LogP contribution in [0.1, 0.15) is 26.3 Å². The predicted octanol–water partition coefficient (Wildman–Crippen LogP) is 2.82. The highest BCUT2D eigenvalue weighted by Gasteiger charge is 2.19. The fourth-order valence-electron chi connectivity index (χ4n) is 1.84. The van der Waals surface area contributed by atoms with Gasteiger partial charge < -0.3 is 10.2 Å². The fraction of sp³-hybridized carbons (Fsp3) is 0.571. The maximum Gasteiger partial charge on any atom is 0.0396 e. The van der Waals surface area contributed by atoms with Crippen molar-refractivity contribution in [3.05, 3.63) is 29.8 Å². The topological polar surface area (TPSA) is 15.3 Å². The molecule has 16 heavy (non-hydrogen) atoms. The highest BCUT2D eigenvalue weighted by molar-refractivity contribution is 5.53. The van der Waals surface area contributed by atoms with Crippen LogP contribution in [0.4, 0.5) is 5.69 Å². The quantitative estimate of drug-likeness (QED) is 0.821. The lowest BCUT2D eigenvalue weighted by Gasteiger charge is -2.34. The minimum Gasteiger partial charge on any atom is -0.370 e. The van der Waals surface area contributed by atoms with Gasteiger partial charge in [0.1, 0.15) is 0 Å². The van der Waals surface area contributed by atoms with Crippen molar-refractivity contribution in [1.82, 2.24) is 5.32 Å². The monoisotopic (exact) mass is 220 g/mol. The molecule has 0 bridgehead atoms. The van der Waals surface area contributed by atoms with Gasteiger partial charge in [-0.3, -0.25) is 0 Å². The molecule has 0 aliphatic rings. The Labute approximate surface area is 99.7 Å². The van der Waals surface area contributed by atoms with Crippen molar-refractivity contribution < 1.29 is 0 Å². The molecule has 0 aromatic heterocycles. The lowest BCUT2D eigenvalue weighted by Crippen LogP contribution is -2.47. The van der Waals surface area contributed by atoms with Gasteiger partial charge in [-0.2, -0.15) is 0 Å². The van der Waals surface area contributed by atoms with E-state index in [-0.39, 0.29) is 5.54 Å². The van der Waals surface area contributed by atoms with Crippen molar-refractivity contribution in [1.29, 1.82) is 0 Å². The molecule has 0 saturated heterocycles. The van der Waals surface area contributed by atoms with E-state index in [1.165, 1.54) is 11.3 Å². The number of nitrogens with one attached hydrogen (secondary N) is 1. The van der Waals surface area contributed by atoms with Gasteiger partial charge in [-0.05, 0) is 46.4 Å². The SMILES string of the molecule is CCN(CC(C)(C)NC)c1ccccc1C. The second-order valence-corrected chi connectivity index (χ2v) is 4.93. The van der Waals surface area contributed by atoms with Crippen LogP contribution in [0.25, 0.3) is 0 Å². The van der Waals surface area contributed by atoms with Crippen LogP contribution in [-0.2, 0) is 0 Å². The lowest BCUT2D eigenvalue weighted by molar-refractivity contribution is 0.422. The van der Waals surface area contributed by atoms with Crippen LogP contribution < -0.4 is 10.2 Å².